The van der Waals surface area contributed by atoms with E-state index in [1.54, 1.807) is 18.2 Å². The van der Waals surface area contributed by atoms with Gasteiger partial charge in [-0.3, -0.25) is 4.79 Å². The lowest BCUT2D eigenvalue weighted by Gasteiger charge is -1.97. The zero-order valence-electron chi connectivity index (χ0n) is 9.39. The highest BCUT2D eigenvalue weighted by Crippen LogP contribution is 2.25. The molecular weight excluding hydrogens is 237 g/mol. The molecule has 2 heterocycles. The fourth-order valence-electron chi connectivity index (χ4n) is 1.93. The first-order chi connectivity index (χ1) is 8.74. The normalized spacial score (nSPS) is 18.9. The highest BCUT2D eigenvalue weighted by atomic mass is 19.1. The molecule has 5 nitrogen and oxygen atoms in total. The van der Waals surface area contributed by atoms with Gasteiger partial charge in [0.05, 0.1) is 11.5 Å². The first kappa shape index (κ1) is 10.9. The van der Waals surface area contributed by atoms with Crippen LogP contribution >= 0.6 is 0 Å². The second-order valence-corrected chi connectivity index (χ2v) is 4.14. The van der Waals surface area contributed by atoms with Crippen molar-refractivity contribution in [3.8, 4) is 11.4 Å². The van der Waals surface area contributed by atoms with E-state index in [0.717, 1.165) is 0 Å². The zero-order valence-corrected chi connectivity index (χ0v) is 9.39. The van der Waals surface area contributed by atoms with Gasteiger partial charge in [0.15, 0.2) is 0 Å². The molecular formula is C12H10FN3O2. The summed E-state index contributed by atoms with van der Waals surface area (Å²) < 4.78 is 18.6. The van der Waals surface area contributed by atoms with Crippen LogP contribution in [0.3, 0.4) is 0 Å². The summed E-state index contributed by atoms with van der Waals surface area (Å²) in [6.45, 7) is 0.484. The summed E-state index contributed by atoms with van der Waals surface area (Å²) in [5.41, 5.74) is 0.296. The lowest BCUT2D eigenvalue weighted by Crippen LogP contribution is -2.13. The molecule has 1 fully saturated rings. The van der Waals surface area contributed by atoms with Crippen LogP contribution in [-0.2, 0) is 4.79 Å². The van der Waals surface area contributed by atoms with Crippen molar-refractivity contribution < 1.29 is 13.7 Å². The third-order valence-electron chi connectivity index (χ3n) is 2.88. The molecule has 1 atom stereocenters. The Labute approximate surface area is 102 Å². The van der Waals surface area contributed by atoms with Crippen LogP contribution in [0.4, 0.5) is 4.39 Å². The van der Waals surface area contributed by atoms with Gasteiger partial charge in [-0.1, -0.05) is 17.3 Å². The van der Waals surface area contributed by atoms with Crippen LogP contribution in [0.5, 0.6) is 0 Å². The predicted molar refractivity (Wildman–Crippen MR) is 60.1 cm³/mol. The van der Waals surface area contributed by atoms with Gasteiger partial charge in [-0.25, -0.2) is 4.39 Å². The number of nitrogens with one attached hydrogen (secondary N) is 1. The molecule has 1 amide bonds. The highest BCUT2D eigenvalue weighted by Gasteiger charge is 2.28. The number of carbonyl (C=O) groups excluding carboxylic acids is 1. The summed E-state index contributed by atoms with van der Waals surface area (Å²) in [7, 11) is 0. The Morgan fingerprint density at radius 3 is 2.94 bits per heavy atom. The third-order valence-corrected chi connectivity index (χ3v) is 2.88. The molecule has 0 radical (unpaired) electrons. The monoisotopic (exact) mass is 247 g/mol. The molecule has 6 heteroatoms. The molecule has 1 unspecified atom stereocenters. The first-order valence-corrected chi connectivity index (χ1v) is 5.59. The van der Waals surface area contributed by atoms with Gasteiger partial charge in [-0.2, -0.15) is 4.98 Å². The largest absolute Gasteiger partial charge is 0.355 e. The van der Waals surface area contributed by atoms with E-state index in [1.807, 2.05) is 0 Å². The van der Waals surface area contributed by atoms with Gasteiger partial charge in [0.2, 0.25) is 17.6 Å². The predicted octanol–water partition coefficient (Wildman–Crippen LogP) is 1.48. The SMILES string of the molecule is O=C1CC(c2nc(-c3ccccc3F)no2)CN1. The van der Waals surface area contributed by atoms with Gasteiger partial charge in [-0.05, 0) is 12.1 Å². The number of rotatable bonds is 2. The number of halogens is 1. The Morgan fingerprint density at radius 1 is 1.39 bits per heavy atom. The number of hydrogen-bond acceptors (Lipinski definition) is 4. The van der Waals surface area contributed by atoms with Crippen molar-refractivity contribution in [2.45, 2.75) is 12.3 Å². The van der Waals surface area contributed by atoms with Crippen molar-refractivity contribution in [3.05, 3.63) is 36.0 Å². The number of carbonyl (C=O) groups is 1. The van der Waals surface area contributed by atoms with Gasteiger partial charge < -0.3 is 9.84 Å². The smallest absolute Gasteiger partial charge is 0.232 e. The Balaban J connectivity index is 1.90. The highest BCUT2D eigenvalue weighted by molar-refractivity contribution is 5.79. The molecule has 1 N–H and O–H groups in total. The summed E-state index contributed by atoms with van der Waals surface area (Å²) in [5, 5.41) is 6.44. The molecule has 0 saturated carbocycles. The Kier molecular flexibility index (Phi) is 2.55. The maximum atomic E-state index is 13.5. The van der Waals surface area contributed by atoms with Gasteiger partial charge in [-0.15, -0.1) is 0 Å². The number of aromatic nitrogens is 2. The standard InChI is InChI=1S/C12H10FN3O2/c13-9-4-2-1-3-8(9)11-15-12(18-16-11)7-5-10(17)14-6-7/h1-4,7H,5-6H2,(H,14,17). The summed E-state index contributed by atoms with van der Waals surface area (Å²) in [4.78, 5) is 15.2. The molecule has 0 spiro atoms. The van der Waals surface area contributed by atoms with Gasteiger partial charge in [0.25, 0.3) is 0 Å². The molecule has 0 aliphatic carbocycles. The van der Waals surface area contributed by atoms with E-state index < -0.39 is 5.82 Å². The Hall–Kier alpha value is -2.24. The van der Waals surface area contributed by atoms with E-state index in [4.69, 9.17) is 4.52 Å². The van der Waals surface area contributed by atoms with Crippen molar-refractivity contribution >= 4 is 5.91 Å². The molecule has 1 saturated heterocycles. The minimum absolute atomic E-state index is 0.0364. The van der Waals surface area contributed by atoms with Crippen LogP contribution < -0.4 is 5.32 Å². The average molecular weight is 247 g/mol. The molecule has 1 aliphatic heterocycles. The van der Waals surface area contributed by atoms with Crippen molar-refractivity contribution in [2.75, 3.05) is 6.54 Å². The van der Waals surface area contributed by atoms with E-state index in [2.05, 4.69) is 15.5 Å². The summed E-state index contributed by atoms with van der Waals surface area (Å²) >= 11 is 0. The third kappa shape index (κ3) is 1.85. The van der Waals surface area contributed by atoms with Gasteiger partial charge in [0.1, 0.15) is 5.82 Å². The fraction of sp³-hybridized carbons (Fsp3) is 0.250. The number of hydrogen-bond donors (Lipinski definition) is 1. The zero-order chi connectivity index (χ0) is 12.5. The Morgan fingerprint density at radius 2 is 2.22 bits per heavy atom. The number of amides is 1. The van der Waals surface area contributed by atoms with Crippen molar-refractivity contribution in [2.24, 2.45) is 0 Å². The second-order valence-electron chi connectivity index (χ2n) is 4.14. The van der Waals surface area contributed by atoms with Crippen molar-refractivity contribution in [1.82, 2.24) is 15.5 Å². The molecule has 18 heavy (non-hydrogen) atoms. The molecule has 0 bridgehead atoms. The molecule has 1 aromatic carbocycles. The minimum Gasteiger partial charge on any atom is -0.355 e. The summed E-state index contributed by atoms with van der Waals surface area (Å²) in [6, 6.07) is 6.22. The minimum atomic E-state index is -0.398. The van der Waals surface area contributed by atoms with Crippen LogP contribution in [0.1, 0.15) is 18.2 Å². The van der Waals surface area contributed by atoms with Crippen LogP contribution in [0, 0.1) is 5.82 Å². The van der Waals surface area contributed by atoms with Gasteiger partial charge in [0, 0.05) is 13.0 Å². The first-order valence-electron chi connectivity index (χ1n) is 5.59. The maximum absolute atomic E-state index is 13.5. The van der Waals surface area contributed by atoms with E-state index in [-0.39, 0.29) is 17.6 Å². The van der Waals surface area contributed by atoms with Crippen molar-refractivity contribution in [3.63, 3.8) is 0 Å². The topological polar surface area (TPSA) is 68.0 Å². The van der Waals surface area contributed by atoms with Crippen LogP contribution in [0.2, 0.25) is 0 Å². The average Bonchev–Trinajstić information content (AvgIpc) is 2.98. The maximum Gasteiger partial charge on any atom is 0.232 e. The molecule has 2 aromatic rings. The second kappa shape index (κ2) is 4.21. The summed E-state index contributed by atoms with van der Waals surface area (Å²) in [6.07, 6.45) is 0.332. The van der Waals surface area contributed by atoms with E-state index >= 15 is 0 Å². The van der Waals surface area contributed by atoms with Crippen LogP contribution in [-0.4, -0.2) is 22.6 Å². The van der Waals surface area contributed by atoms with E-state index in [0.29, 0.717) is 24.4 Å². The van der Waals surface area contributed by atoms with E-state index in [1.165, 1.54) is 6.07 Å². The molecule has 1 aliphatic rings. The van der Waals surface area contributed by atoms with Crippen LogP contribution in [0.15, 0.2) is 28.8 Å². The fourth-order valence-corrected chi connectivity index (χ4v) is 1.93. The van der Waals surface area contributed by atoms with Crippen molar-refractivity contribution in [1.29, 1.82) is 0 Å². The van der Waals surface area contributed by atoms with E-state index in [9.17, 15) is 9.18 Å². The van der Waals surface area contributed by atoms with Crippen LogP contribution in [0.25, 0.3) is 11.4 Å². The molecule has 92 valence electrons. The quantitative estimate of drug-likeness (QED) is 0.872. The summed E-state index contributed by atoms with van der Waals surface area (Å²) in [5.74, 6) is 0.0238. The lowest BCUT2D eigenvalue weighted by molar-refractivity contribution is -0.119. The number of nitrogens with zero attached hydrogens (tertiary/aromatic N) is 2. The van der Waals surface area contributed by atoms with Gasteiger partial charge >= 0.3 is 0 Å². The molecule has 1 aromatic heterocycles. The Bertz CT molecular complexity index is 597. The lowest BCUT2D eigenvalue weighted by atomic mass is 10.1. The number of benzene rings is 1. The molecule has 3 rings (SSSR count).